The smallest absolute Gasteiger partial charge is 0.222 e. The van der Waals surface area contributed by atoms with Gasteiger partial charge in [-0.05, 0) is 25.0 Å². The molecule has 0 radical (unpaired) electrons. The summed E-state index contributed by atoms with van der Waals surface area (Å²) in [4.78, 5) is 24.9. The molecule has 1 aromatic carbocycles. The van der Waals surface area contributed by atoms with Crippen LogP contribution >= 0.6 is 0 Å². The average molecular weight is 331 g/mol. The molecule has 0 aromatic heterocycles. The number of rotatable bonds is 7. The third kappa shape index (κ3) is 4.38. The maximum absolute atomic E-state index is 12.1. The number of nitrogens with zero attached hydrogens (tertiary/aromatic N) is 2. The first kappa shape index (κ1) is 17.6. The van der Waals surface area contributed by atoms with E-state index in [-0.39, 0.29) is 17.7 Å². The quantitative estimate of drug-likeness (QED) is 0.752. The molecule has 1 saturated heterocycles. The molecule has 2 amide bonds. The lowest BCUT2D eigenvalue weighted by atomic mass is 10.1. The van der Waals surface area contributed by atoms with Gasteiger partial charge in [0, 0.05) is 25.6 Å². The van der Waals surface area contributed by atoms with Gasteiger partial charge in [-0.25, -0.2) is 0 Å². The van der Waals surface area contributed by atoms with Crippen molar-refractivity contribution >= 4 is 11.8 Å². The molecule has 1 heterocycles. The molecule has 0 aliphatic carbocycles. The molecule has 0 saturated carbocycles. The third-order valence-electron chi connectivity index (χ3n) is 4.03. The van der Waals surface area contributed by atoms with Crippen LogP contribution in [0, 0.1) is 17.2 Å². The van der Waals surface area contributed by atoms with Crippen molar-refractivity contribution in [3.8, 4) is 17.6 Å². The van der Waals surface area contributed by atoms with Crippen molar-refractivity contribution in [2.45, 2.75) is 19.3 Å². The van der Waals surface area contributed by atoms with E-state index in [9.17, 15) is 9.59 Å². The number of hydrogen-bond donors (Lipinski definition) is 1. The Kier molecular flexibility index (Phi) is 6.01. The summed E-state index contributed by atoms with van der Waals surface area (Å²) in [5, 5.41) is 8.86. The molecule has 0 spiro atoms. The summed E-state index contributed by atoms with van der Waals surface area (Å²) in [6, 6.07) is 6.97. The molecule has 0 bridgehead atoms. The molecule has 24 heavy (non-hydrogen) atoms. The van der Waals surface area contributed by atoms with Crippen molar-refractivity contribution in [1.29, 1.82) is 5.26 Å². The van der Waals surface area contributed by atoms with E-state index in [2.05, 4.69) is 0 Å². The Morgan fingerprint density at radius 2 is 2.21 bits per heavy atom. The van der Waals surface area contributed by atoms with E-state index >= 15 is 0 Å². The molecule has 1 aliphatic heterocycles. The van der Waals surface area contributed by atoms with Crippen molar-refractivity contribution in [3.63, 3.8) is 0 Å². The van der Waals surface area contributed by atoms with E-state index in [1.54, 1.807) is 23.1 Å². The minimum absolute atomic E-state index is 0.00847. The molecule has 7 nitrogen and oxygen atoms in total. The Balaban J connectivity index is 1.76. The normalized spacial score (nSPS) is 16.5. The fourth-order valence-corrected chi connectivity index (χ4v) is 2.64. The molecule has 7 heteroatoms. The summed E-state index contributed by atoms with van der Waals surface area (Å²) in [5.74, 6) is 0.465. The topological polar surface area (TPSA) is 106 Å². The number of carbonyl (C=O) groups is 2. The number of ether oxygens (including phenoxy) is 2. The monoisotopic (exact) mass is 331 g/mol. The second kappa shape index (κ2) is 8.20. The zero-order chi connectivity index (χ0) is 17.5. The number of amides is 2. The van der Waals surface area contributed by atoms with Gasteiger partial charge in [-0.3, -0.25) is 9.59 Å². The molecule has 128 valence electrons. The molecule has 1 fully saturated rings. The van der Waals surface area contributed by atoms with Crippen molar-refractivity contribution in [2.75, 3.05) is 26.8 Å². The maximum atomic E-state index is 12.1. The Labute approximate surface area is 140 Å². The number of nitriles is 1. The summed E-state index contributed by atoms with van der Waals surface area (Å²) < 4.78 is 10.8. The van der Waals surface area contributed by atoms with Gasteiger partial charge in [-0.1, -0.05) is 0 Å². The number of likely N-dealkylation sites (tertiary alicyclic amines) is 1. The molecule has 2 rings (SSSR count). The van der Waals surface area contributed by atoms with Crippen molar-refractivity contribution in [3.05, 3.63) is 23.8 Å². The molecule has 1 aliphatic rings. The highest BCUT2D eigenvalue weighted by Gasteiger charge is 2.29. The maximum Gasteiger partial charge on any atom is 0.222 e. The van der Waals surface area contributed by atoms with Crippen molar-refractivity contribution < 1.29 is 19.1 Å². The van der Waals surface area contributed by atoms with E-state index in [1.165, 1.54) is 7.11 Å². The highest BCUT2D eigenvalue weighted by Crippen LogP contribution is 2.28. The van der Waals surface area contributed by atoms with Crippen LogP contribution in [0.3, 0.4) is 0 Å². The number of primary amides is 1. The van der Waals surface area contributed by atoms with Gasteiger partial charge in [0.15, 0.2) is 11.5 Å². The highest BCUT2D eigenvalue weighted by molar-refractivity contribution is 5.81. The lowest BCUT2D eigenvalue weighted by Gasteiger charge is -2.16. The number of benzene rings is 1. The molecule has 1 atom stereocenters. The predicted octanol–water partition coefficient (Wildman–Crippen LogP) is 1.06. The predicted molar refractivity (Wildman–Crippen MR) is 86.3 cm³/mol. The van der Waals surface area contributed by atoms with Crippen LogP contribution in [0.2, 0.25) is 0 Å². The van der Waals surface area contributed by atoms with Gasteiger partial charge >= 0.3 is 0 Å². The SMILES string of the molecule is COc1cc(C#N)ccc1OCCCC(=O)N1CC[C@@H](C(N)=O)C1. The number of nitrogens with two attached hydrogens (primary N) is 1. The second-order valence-electron chi connectivity index (χ2n) is 5.66. The highest BCUT2D eigenvalue weighted by atomic mass is 16.5. The van der Waals surface area contributed by atoms with Gasteiger partial charge < -0.3 is 20.1 Å². The minimum Gasteiger partial charge on any atom is -0.493 e. The molecule has 0 unspecified atom stereocenters. The van der Waals surface area contributed by atoms with E-state index in [0.29, 0.717) is 56.0 Å². The van der Waals surface area contributed by atoms with E-state index in [0.717, 1.165) is 0 Å². The van der Waals surface area contributed by atoms with Gasteiger partial charge in [-0.2, -0.15) is 5.26 Å². The molecule has 1 aromatic rings. The Hall–Kier alpha value is -2.75. The minimum atomic E-state index is -0.346. The van der Waals surface area contributed by atoms with Crippen LogP contribution in [0.5, 0.6) is 11.5 Å². The fourth-order valence-electron chi connectivity index (χ4n) is 2.64. The van der Waals surface area contributed by atoms with Gasteiger partial charge in [-0.15, -0.1) is 0 Å². The lowest BCUT2D eigenvalue weighted by molar-refractivity contribution is -0.130. The number of hydrogen-bond acceptors (Lipinski definition) is 5. The van der Waals surface area contributed by atoms with E-state index < -0.39 is 0 Å². The van der Waals surface area contributed by atoms with E-state index in [1.807, 2.05) is 6.07 Å². The van der Waals surface area contributed by atoms with Gasteiger partial charge in [0.05, 0.1) is 31.3 Å². The summed E-state index contributed by atoms with van der Waals surface area (Å²) in [6.07, 6.45) is 1.55. The van der Waals surface area contributed by atoms with E-state index in [4.69, 9.17) is 20.5 Å². The largest absolute Gasteiger partial charge is 0.493 e. The standard InChI is InChI=1S/C17H21N3O4/c1-23-15-9-12(10-18)4-5-14(15)24-8-2-3-16(21)20-7-6-13(11-20)17(19)22/h4-5,9,13H,2-3,6-8,11H2,1H3,(H2,19,22)/t13-/m1/s1. The van der Waals surface area contributed by atoms with Crippen molar-refractivity contribution in [1.82, 2.24) is 4.90 Å². The first-order valence-corrected chi connectivity index (χ1v) is 7.83. The van der Waals surface area contributed by atoms with Crippen LogP contribution in [0.15, 0.2) is 18.2 Å². The van der Waals surface area contributed by atoms with Crippen LogP contribution in [0.4, 0.5) is 0 Å². The zero-order valence-corrected chi connectivity index (χ0v) is 13.7. The molecular weight excluding hydrogens is 310 g/mol. The van der Waals surface area contributed by atoms with Gasteiger partial charge in [0.2, 0.25) is 11.8 Å². The first-order chi connectivity index (χ1) is 11.5. The Morgan fingerprint density at radius 3 is 2.83 bits per heavy atom. The lowest BCUT2D eigenvalue weighted by Crippen LogP contribution is -2.31. The van der Waals surface area contributed by atoms with Gasteiger partial charge in [0.1, 0.15) is 0 Å². The van der Waals surface area contributed by atoms with Crippen molar-refractivity contribution in [2.24, 2.45) is 11.7 Å². The summed E-state index contributed by atoms with van der Waals surface area (Å²) in [7, 11) is 1.51. The average Bonchev–Trinajstić information content (AvgIpc) is 3.09. The van der Waals surface area contributed by atoms with Crippen LogP contribution < -0.4 is 15.2 Å². The van der Waals surface area contributed by atoms with Gasteiger partial charge in [0.25, 0.3) is 0 Å². The van der Waals surface area contributed by atoms with Crippen LogP contribution in [-0.2, 0) is 9.59 Å². The summed E-state index contributed by atoms with van der Waals surface area (Å²) >= 11 is 0. The summed E-state index contributed by atoms with van der Waals surface area (Å²) in [6.45, 7) is 1.36. The van der Waals surface area contributed by atoms with Crippen LogP contribution in [0.25, 0.3) is 0 Å². The van der Waals surface area contributed by atoms with Crippen LogP contribution in [-0.4, -0.2) is 43.5 Å². The van der Waals surface area contributed by atoms with Crippen LogP contribution in [0.1, 0.15) is 24.8 Å². The second-order valence-corrected chi connectivity index (χ2v) is 5.66. The number of carbonyl (C=O) groups excluding carboxylic acids is 2. The first-order valence-electron chi connectivity index (χ1n) is 7.83. The zero-order valence-electron chi connectivity index (χ0n) is 13.7. The third-order valence-corrected chi connectivity index (χ3v) is 4.03. The number of methoxy groups -OCH3 is 1. The molecular formula is C17H21N3O4. The fraction of sp³-hybridized carbons (Fsp3) is 0.471. The Morgan fingerprint density at radius 1 is 1.42 bits per heavy atom. The molecule has 2 N–H and O–H groups in total. The Bertz CT molecular complexity index is 654. The summed E-state index contributed by atoms with van der Waals surface area (Å²) in [5.41, 5.74) is 5.76.